The first-order valence-electron chi connectivity index (χ1n) is 11.5. The van der Waals surface area contributed by atoms with E-state index in [0.717, 1.165) is 22.3 Å². The smallest absolute Gasteiger partial charge is 0.341 e. The number of hydrogen-bond acceptors (Lipinski definition) is 4. The zero-order valence-corrected chi connectivity index (χ0v) is 21.0. The summed E-state index contributed by atoms with van der Waals surface area (Å²) in [5, 5.41) is 8.81. The number of hydrogen-bond donors (Lipinski definition) is 1. The van der Waals surface area contributed by atoms with E-state index in [0.29, 0.717) is 18.1 Å². The number of allylic oxidation sites excluding steroid dienone is 1. The second-order valence-electron chi connectivity index (χ2n) is 8.14. The normalized spacial score (nSPS) is 10.9. The van der Waals surface area contributed by atoms with Gasteiger partial charge in [0.25, 0.3) is 0 Å². The van der Waals surface area contributed by atoms with Crippen LogP contribution in [-0.2, 0) is 4.79 Å². The lowest BCUT2D eigenvalue weighted by molar-refractivity contribution is -0.139. The zero-order chi connectivity index (χ0) is 25.3. The summed E-state index contributed by atoms with van der Waals surface area (Å²) in [4.78, 5) is 13.3. The summed E-state index contributed by atoms with van der Waals surface area (Å²) in [5.74, 6) is 6.74. The number of carbonyl (C=O) groups is 1. The summed E-state index contributed by atoms with van der Waals surface area (Å²) < 4.78 is 11.2. The molecule has 0 aliphatic rings. The van der Waals surface area contributed by atoms with Gasteiger partial charge in [0, 0.05) is 20.9 Å². The lowest BCUT2D eigenvalue weighted by Gasteiger charge is -2.10. The third-order valence-electron chi connectivity index (χ3n) is 5.37. The summed E-state index contributed by atoms with van der Waals surface area (Å²) >= 11 is 1.78. The van der Waals surface area contributed by atoms with Crippen molar-refractivity contribution >= 4 is 22.9 Å². The fourth-order valence-electron chi connectivity index (χ4n) is 3.54. The van der Waals surface area contributed by atoms with Gasteiger partial charge in [0.15, 0.2) is 6.61 Å². The molecule has 5 heteroatoms. The van der Waals surface area contributed by atoms with E-state index in [1.165, 1.54) is 15.3 Å². The largest absolute Gasteiger partial charge is 0.489 e. The molecule has 0 bridgehead atoms. The molecule has 0 spiro atoms. The predicted molar refractivity (Wildman–Crippen MR) is 146 cm³/mol. The van der Waals surface area contributed by atoms with Crippen LogP contribution in [0, 0.1) is 25.7 Å². The van der Waals surface area contributed by atoms with Crippen LogP contribution in [0.2, 0.25) is 0 Å². The van der Waals surface area contributed by atoms with Crippen molar-refractivity contribution in [2.45, 2.75) is 13.8 Å². The molecule has 4 nitrogen and oxygen atoms in total. The van der Waals surface area contributed by atoms with Crippen molar-refractivity contribution < 1.29 is 19.4 Å². The quantitative estimate of drug-likeness (QED) is 0.268. The van der Waals surface area contributed by atoms with Crippen molar-refractivity contribution in [1.29, 1.82) is 0 Å². The predicted octanol–water partition coefficient (Wildman–Crippen LogP) is 7.01. The molecule has 3 aromatic carbocycles. The Hall–Kier alpha value is -4.27. The van der Waals surface area contributed by atoms with Crippen LogP contribution in [0.25, 0.3) is 16.0 Å². The molecule has 0 saturated carbocycles. The first-order valence-corrected chi connectivity index (χ1v) is 12.3. The van der Waals surface area contributed by atoms with Crippen molar-refractivity contribution in [3.63, 3.8) is 0 Å². The minimum Gasteiger partial charge on any atom is -0.489 e. The van der Waals surface area contributed by atoms with Gasteiger partial charge in [-0.15, -0.1) is 11.3 Å². The maximum atomic E-state index is 10.7. The Kier molecular flexibility index (Phi) is 8.23. The topological polar surface area (TPSA) is 55.8 Å². The highest BCUT2D eigenvalue weighted by atomic mass is 32.1. The number of carboxylic acids is 1. The minimum absolute atomic E-state index is 0.333. The third kappa shape index (κ3) is 6.88. The SMILES string of the molecule is Cc1ccc(-c2ccc(/C(C#Cc3ccccc3)=C/COc3ccc(OCC(=O)O)c(C)c3)cc2)s1. The highest BCUT2D eigenvalue weighted by Crippen LogP contribution is 2.29. The van der Waals surface area contributed by atoms with Gasteiger partial charge in [-0.05, 0) is 79.1 Å². The lowest BCUT2D eigenvalue weighted by Crippen LogP contribution is -2.10. The highest BCUT2D eigenvalue weighted by Gasteiger charge is 2.06. The van der Waals surface area contributed by atoms with Crippen LogP contribution in [0.15, 0.2) is 91.0 Å². The van der Waals surface area contributed by atoms with Crippen LogP contribution >= 0.6 is 11.3 Å². The Morgan fingerprint density at radius 2 is 1.72 bits per heavy atom. The van der Waals surface area contributed by atoms with Crippen LogP contribution in [0.5, 0.6) is 11.5 Å². The molecule has 4 aromatic rings. The van der Waals surface area contributed by atoms with Gasteiger partial charge in [0.05, 0.1) is 0 Å². The fourth-order valence-corrected chi connectivity index (χ4v) is 4.41. The van der Waals surface area contributed by atoms with E-state index in [2.05, 4.69) is 55.2 Å². The molecule has 4 rings (SSSR count). The number of aliphatic carboxylic acids is 1. The Morgan fingerprint density at radius 1 is 0.944 bits per heavy atom. The van der Waals surface area contributed by atoms with Crippen molar-refractivity contribution in [2.24, 2.45) is 0 Å². The molecule has 36 heavy (non-hydrogen) atoms. The number of benzene rings is 3. The van der Waals surface area contributed by atoms with Gasteiger partial charge in [-0.2, -0.15) is 0 Å². The second-order valence-corrected chi connectivity index (χ2v) is 9.43. The molecule has 0 saturated heterocycles. The molecule has 0 aliphatic heterocycles. The molecule has 0 amide bonds. The molecule has 180 valence electrons. The van der Waals surface area contributed by atoms with Gasteiger partial charge in [-0.25, -0.2) is 4.79 Å². The molecule has 0 unspecified atom stereocenters. The van der Waals surface area contributed by atoms with Crippen LogP contribution in [0.1, 0.15) is 21.6 Å². The first kappa shape index (κ1) is 24.8. The van der Waals surface area contributed by atoms with Crippen LogP contribution in [0.4, 0.5) is 0 Å². The monoisotopic (exact) mass is 494 g/mol. The van der Waals surface area contributed by atoms with Crippen LogP contribution < -0.4 is 9.47 Å². The maximum absolute atomic E-state index is 10.7. The van der Waals surface area contributed by atoms with E-state index < -0.39 is 5.97 Å². The summed E-state index contributed by atoms with van der Waals surface area (Å²) in [7, 11) is 0. The first-order chi connectivity index (χ1) is 17.5. The van der Waals surface area contributed by atoms with Gasteiger partial charge < -0.3 is 14.6 Å². The summed E-state index contributed by atoms with van der Waals surface area (Å²) in [6, 6.07) is 27.9. The van der Waals surface area contributed by atoms with E-state index in [1.807, 2.05) is 49.4 Å². The molecule has 0 aliphatic carbocycles. The highest BCUT2D eigenvalue weighted by molar-refractivity contribution is 7.15. The molecule has 1 N–H and O–H groups in total. The van der Waals surface area contributed by atoms with Crippen molar-refractivity contribution in [2.75, 3.05) is 13.2 Å². The lowest BCUT2D eigenvalue weighted by atomic mass is 10.0. The Bertz CT molecular complexity index is 1420. The molecule has 1 heterocycles. The Balaban J connectivity index is 1.53. The average Bonchev–Trinajstić information content (AvgIpc) is 3.32. The van der Waals surface area contributed by atoms with Gasteiger partial charge in [-0.1, -0.05) is 54.3 Å². The van der Waals surface area contributed by atoms with Gasteiger partial charge in [0.2, 0.25) is 0 Å². The Morgan fingerprint density at radius 3 is 2.39 bits per heavy atom. The van der Waals surface area contributed by atoms with Crippen LogP contribution in [0.3, 0.4) is 0 Å². The van der Waals surface area contributed by atoms with Crippen molar-refractivity contribution in [3.8, 4) is 33.8 Å². The summed E-state index contributed by atoms with van der Waals surface area (Å²) in [6.07, 6.45) is 1.98. The third-order valence-corrected chi connectivity index (χ3v) is 6.42. The van der Waals surface area contributed by atoms with E-state index in [4.69, 9.17) is 14.6 Å². The Labute approximate surface area is 215 Å². The standard InChI is InChI=1S/C31H26O4S/c1-22-20-28(15-16-29(22)35-21-31(32)33)34-19-18-26(10-9-24-6-4-3-5-7-24)25-11-13-27(14-12-25)30-17-8-23(2)36-30/h3-8,11-18,20H,19,21H2,1-2H3,(H,32,33)/b26-18+. The molecule has 1 aromatic heterocycles. The van der Waals surface area contributed by atoms with Crippen LogP contribution in [-0.4, -0.2) is 24.3 Å². The van der Waals surface area contributed by atoms with E-state index in [-0.39, 0.29) is 6.61 Å². The molecule has 0 radical (unpaired) electrons. The van der Waals surface area contributed by atoms with Crippen molar-refractivity contribution in [1.82, 2.24) is 0 Å². The number of rotatable bonds is 8. The number of ether oxygens (including phenoxy) is 2. The molecule has 0 fully saturated rings. The van der Waals surface area contributed by atoms with E-state index in [9.17, 15) is 4.79 Å². The van der Waals surface area contributed by atoms with Gasteiger partial charge >= 0.3 is 5.97 Å². The number of aryl methyl sites for hydroxylation is 2. The zero-order valence-electron chi connectivity index (χ0n) is 20.2. The average molecular weight is 495 g/mol. The number of carboxylic acid groups (broad SMARTS) is 1. The number of thiophene rings is 1. The minimum atomic E-state index is -1.01. The van der Waals surface area contributed by atoms with E-state index in [1.54, 1.807) is 23.5 Å². The van der Waals surface area contributed by atoms with Gasteiger partial charge in [-0.3, -0.25) is 0 Å². The van der Waals surface area contributed by atoms with E-state index >= 15 is 0 Å². The molecular formula is C31H26O4S. The molecular weight excluding hydrogens is 468 g/mol. The van der Waals surface area contributed by atoms with Gasteiger partial charge in [0.1, 0.15) is 18.1 Å². The van der Waals surface area contributed by atoms with Crippen molar-refractivity contribution in [3.05, 3.63) is 113 Å². The fraction of sp³-hybridized carbons (Fsp3) is 0.129. The molecule has 0 atom stereocenters. The summed E-state index contributed by atoms with van der Waals surface area (Å²) in [5.41, 5.74) is 4.84. The summed E-state index contributed by atoms with van der Waals surface area (Å²) in [6.45, 7) is 3.92. The maximum Gasteiger partial charge on any atom is 0.341 e. The second kappa shape index (κ2) is 11.9.